The van der Waals surface area contributed by atoms with Crippen LogP contribution in [0.1, 0.15) is 18.9 Å². The maximum absolute atomic E-state index is 12.5. The summed E-state index contributed by atoms with van der Waals surface area (Å²) in [4.78, 5) is 14.5. The van der Waals surface area contributed by atoms with E-state index < -0.39 is 0 Å². The van der Waals surface area contributed by atoms with Crippen LogP contribution in [0, 0.1) is 0 Å². The number of nitrogens with zero attached hydrogens (tertiary/aromatic N) is 1. The number of carbonyl (C=O) groups is 1. The fraction of sp³-hybridized carbons (Fsp3) is 0.533. The van der Waals surface area contributed by atoms with Gasteiger partial charge in [0.25, 0.3) is 0 Å². The number of benzene rings is 1. The average molecular weight is 278 g/mol. The second kappa shape index (κ2) is 7.56. The van der Waals surface area contributed by atoms with Crippen molar-refractivity contribution >= 4 is 17.7 Å². The molecule has 4 heteroatoms. The van der Waals surface area contributed by atoms with E-state index in [4.69, 9.17) is 0 Å². The third kappa shape index (κ3) is 4.25. The summed E-state index contributed by atoms with van der Waals surface area (Å²) in [6.07, 6.45) is 0.998. The molecule has 1 aromatic carbocycles. The SMILES string of the molecule is CCCN(Cc1ccccc1)C(=O)C1CSCCN1. The van der Waals surface area contributed by atoms with Gasteiger partial charge in [0, 0.05) is 31.1 Å². The van der Waals surface area contributed by atoms with E-state index in [9.17, 15) is 4.79 Å². The molecule has 3 nitrogen and oxygen atoms in total. The van der Waals surface area contributed by atoms with E-state index >= 15 is 0 Å². The molecule has 0 spiro atoms. The minimum absolute atomic E-state index is 0.00554. The van der Waals surface area contributed by atoms with Crippen LogP contribution in [0.25, 0.3) is 0 Å². The highest BCUT2D eigenvalue weighted by molar-refractivity contribution is 7.99. The Morgan fingerprint density at radius 3 is 2.84 bits per heavy atom. The molecule has 2 rings (SSSR count). The molecule has 1 aromatic rings. The van der Waals surface area contributed by atoms with Gasteiger partial charge in [-0.25, -0.2) is 0 Å². The molecule has 0 aromatic heterocycles. The third-order valence-corrected chi connectivity index (χ3v) is 4.30. The molecule has 1 atom stereocenters. The lowest BCUT2D eigenvalue weighted by Crippen LogP contribution is -2.50. The monoisotopic (exact) mass is 278 g/mol. The summed E-state index contributed by atoms with van der Waals surface area (Å²) in [5.74, 6) is 2.25. The molecule has 1 fully saturated rings. The van der Waals surface area contributed by atoms with Crippen molar-refractivity contribution in [3.05, 3.63) is 35.9 Å². The standard InChI is InChI=1S/C15H22N2OS/c1-2-9-17(11-13-6-4-3-5-7-13)15(18)14-12-19-10-8-16-14/h3-7,14,16H,2,8-12H2,1H3. The van der Waals surface area contributed by atoms with Gasteiger partial charge in [-0.15, -0.1) is 0 Å². The van der Waals surface area contributed by atoms with E-state index in [0.717, 1.165) is 37.6 Å². The fourth-order valence-corrected chi connectivity index (χ4v) is 3.21. The second-order valence-electron chi connectivity index (χ2n) is 4.83. The summed E-state index contributed by atoms with van der Waals surface area (Å²) in [6.45, 7) is 4.60. The summed E-state index contributed by atoms with van der Waals surface area (Å²) in [5, 5.41) is 3.33. The van der Waals surface area contributed by atoms with Crippen LogP contribution >= 0.6 is 11.8 Å². The zero-order valence-corrected chi connectivity index (χ0v) is 12.3. The van der Waals surface area contributed by atoms with Crippen molar-refractivity contribution in [3.8, 4) is 0 Å². The first-order chi connectivity index (χ1) is 9.31. The molecule has 0 saturated carbocycles. The maximum Gasteiger partial charge on any atom is 0.240 e. The van der Waals surface area contributed by atoms with Gasteiger partial charge in [0.05, 0.1) is 6.04 Å². The summed E-state index contributed by atoms with van der Waals surface area (Å²) in [7, 11) is 0. The van der Waals surface area contributed by atoms with Crippen LogP contribution < -0.4 is 5.32 Å². The van der Waals surface area contributed by atoms with Gasteiger partial charge in [-0.05, 0) is 12.0 Å². The third-order valence-electron chi connectivity index (χ3n) is 3.24. The van der Waals surface area contributed by atoms with Gasteiger partial charge >= 0.3 is 0 Å². The lowest BCUT2D eigenvalue weighted by atomic mass is 10.2. The van der Waals surface area contributed by atoms with Crippen molar-refractivity contribution in [2.45, 2.75) is 25.9 Å². The van der Waals surface area contributed by atoms with Crippen LogP contribution in [0.5, 0.6) is 0 Å². The Balaban J connectivity index is 2.00. The molecule has 0 aliphatic carbocycles. The van der Waals surface area contributed by atoms with E-state index in [1.54, 1.807) is 0 Å². The number of carbonyl (C=O) groups excluding carboxylic acids is 1. The molecule has 1 aliphatic rings. The molecule has 1 heterocycles. The highest BCUT2D eigenvalue weighted by atomic mass is 32.2. The average Bonchev–Trinajstić information content (AvgIpc) is 2.48. The number of rotatable bonds is 5. The lowest BCUT2D eigenvalue weighted by molar-refractivity contribution is -0.133. The molecular weight excluding hydrogens is 256 g/mol. The molecular formula is C15H22N2OS. The molecule has 1 amide bonds. The largest absolute Gasteiger partial charge is 0.337 e. The highest BCUT2D eigenvalue weighted by Gasteiger charge is 2.25. The summed E-state index contributed by atoms with van der Waals surface area (Å²) >= 11 is 1.86. The maximum atomic E-state index is 12.5. The Bertz CT molecular complexity index is 390. The van der Waals surface area contributed by atoms with E-state index in [0.29, 0.717) is 0 Å². The van der Waals surface area contributed by atoms with Crippen LogP contribution in [0.15, 0.2) is 30.3 Å². The first-order valence-electron chi connectivity index (χ1n) is 6.95. The van der Waals surface area contributed by atoms with Crippen molar-refractivity contribution in [1.29, 1.82) is 0 Å². The predicted octanol–water partition coefficient (Wildman–Crippen LogP) is 2.13. The second-order valence-corrected chi connectivity index (χ2v) is 5.98. The van der Waals surface area contributed by atoms with E-state index in [1.165, 1.54) is 5.56 Å². The minimum Gasteiger partial charge on any atom is -0.337 e. The van der Waals surface area contributed by atoms with Crippen LogP contribution in [0.4, 0.5) is 0 Å². The van der Waals surface area contributed by atoms with Gasteiger partial charge in [0.2, 0.25) is 5.91 Å². The van der Waals surface area contributed by atoms with Crippen LogP contribution in [0.3, 0.4) is 0 Å². The first-order valence-corrected chi connectivity index (χ1v) is 8.10. The fourth-order valence-electron chi connectivity index (χ4n) is 2.29. The van der Waals surface area contributed by atoms with E-state index in [1.807, 2.05) is 34.9 Å². The van der Waals surface area contributed by atoms with Gasteiger partial charge in [0.1, 0.15) is 0 Å². The van der Waals surface area contributed by atoms with E-state index in [-0.39, 0.29) is 11.9 Å². The summed E-state index contributed by atoms with van der Waals surface area (Å²) in [5.41, 5.74) is 1.20. The molecule has 1 unspecified atom stereocenters. The Morgan fingerprint density at radius 1 is 1.42 bits per heavy atom. The Labute approximate surface area is 119 Å². The van der Waals surface area contributed by atoms with Crippen LogP contribution in [0.2, 0.25) is 0 Å². The summed E-state index contributed by atoms with van der Waals surface area (Å²) in [6, 6.07) is 10.2. The smallest absolute Gasteiger partial charge is 0.240 e. The number of hydrogen-bond donors (Lipinski definition) is 1. The van der Waals surface area contributed by atoms with Crippen molar-refractivity contribution < 1.29 is 4.79 Å². The topological polar surface area (TPSA) is 32.3 Å². The van der Waals surface area contributed by atoms with Gasteiger partial charge in [-0.3, -0.25) is 4.79 Å². The van der Waals surface area contributed by atoms with Gasteiger partial charge in [0.15, 0.2) is 0 Å². The van der Waals surface area contributed by atoms with Gasteiger partial charge < -0.3 is 10.2 Å². The van der Waals surface area contributed by atoms with Crippen molar-refractivity contribution in [2.75, 3.05) is 24.6 Å². The van der Waals surface area contributed by atoms with Crippen molar-refractivity contribution in [2.24, 2.45) is 0 Å². The normalized spacial score (nSPS) is 19.1. The molecule has 0 radical (unpaired) electrons. The van der Waals surface area contributed by atoms with Crippen LogP contribution in [-0.2, 0) is 11.3 Å². The molecule has 1 aliphatic heterocycles. The number of hydrogen-bond acceptors (Lipinski definition) is 3. The summed E-state index contributed by atoms with van der Waals surface area (Å²) < 4.78 is 0. The molecule has 1 saturated heterocycles. The molecule has 1 N–H and O–H groups in total. The van der Waals surface area contributed by atoms with Crippen LogP contribution in [-0.4, -0.2) is 41.4 Å². The molecule has 19 heavy (non-hydrogen) atoms. The lowest BCUT2D eigenvalue weighted by Gasteiger charge is -2.29. The van der Waals surface area contributed by atoms with Crippen molar-refractivity contribution in [3.63, 3.8) is 0 Å². The number of amides is 1. The predicted molar refractivity (Wildman–Crippen MR) is 81.3 cm³/mol. The Hall–Kier alpha value is -1.00. The zero-order valence-electron chi connectivity index (χ0n) is 11.5. The highest BCUT2D eigenvalue weighted by Crippen LogP contribution is 2.13. The minimum atomic E-state index is -0.00554. The Kier molecular flexibility index (Phi) is 5.73. The van der Waals surface area contributed by atoms with Crippen molar-refractivity contribution in [1.82, 2.24) is 10.2 Å². The number of nitrogens with one attached hydrogen (secondary N) is 1. The molecule has 104 valence electrons. The zero-order chi connectivity index (χ0) is 13.5. The van der Waals surface area contributed by atoms with Gasteiger partial charge in [-0.2, -0.15) is 11.8 Å². The molecule has 0 bridgehead atoms. The quantitative estimate of drug-likeness (QED) is 0.895. The van der Waals surface area contributed by atoms with E-state index in [2.05, 4.69) is 24.4 Å². The Morgan fingerprint density at radius 2 is 2.21 bits per heavy atom. The number of thioether (sulfide) groups is 1. The first kappa shape index (κ1) is 14.4. The van der Waals surface area contributed by atoms with Gasteiger partial charge in [-0.1, -0.05) is 37.3 Å².